The van der Waals surface area contributed by atoms with Crippen LogP contribution in [0, 0.1) is 11.3 Å². The zero-order valence-corrected chi connectivity index (χ0v) is 9.86. The smallest absolute Gasteiger partial charge is 0.119 e. The molecule has 0 saturated carbocycles. The maximum atomic E-state index is 8.74. The number of nitrogens with zero attached hydrogens (tertiary/aromatic N) is 1. The third-order valence-corrected chi connectivity index (χ3v) is 2.45. The lowest BCUT2D eigenvalue weighted by Crippen LogP contribution is -2.35. The fourth-order valence-corrected chi connectivity index (χ4v) is 1.29. The second kappa shape index (κ2) is 5.53. The third-order valence-electron chi connectivity index (χ3n) is 2.45. The highest BCUT2D eigenvalue weighted by atomic mass is 16.5. The van der Waals surface area contributed by atoms with Crippen molar-refractivity contribution in [1.29, 1.82) is 5.26 Å². The van der Waals surface area contributed by atoms with Crippen molar-refractivity contribution in [2.24, 2.45) is 5.73 Å². The molecule has 2 N–H and O–H groups in total. The Hall–Kier alpha value is -1.53. The molecule has 3 heteroatoms. The van der Waals surface area contributed by atoms with Gasteiger partial charge in [0.25, 0.3) is 0 Å². The molecular formula is C13H18N2O. The van der Waals surface area contributed by atoms with E-state index in [9.17, 15) is 0 Å². The van der Waals surface area contributed by atoms with Gasteiger partial charge in [-0.1, -0.05) is 19.1 Å². The molecule has 3 nitrogen and oxygen atoms in total. The molecule has 0 fully saturated rings. The summed E-state index contributed by atoms with van der Waals surface area (Å²) < 4.78 is 5.56. The van der Waals surface area contributed by atoms with Crippen LogP contribution in [-0.2, 0) is 6.42 Å². The lowest BCUT2D eigenvalue weighted by molar-refractivity contribution is 0.286. The molecule has 86 valence electrons. The standard InChI is InChI=1S/C13H18N2O/c1-3-11-5-4-6-12(9-11)16-8-7-13(2,15)10-14/h4-6,9H,3,7-8,15H2,1-2H3. The molecule has 0 heterocycles. The Labute approximate surface area is 96.8 Å². The van der Waals surface area contributed by atoms with Crippen molar-refractivity contribution in [3.05, 3.63) is 29.8 Å². The number of hydrogen-bond donors (Lipinski definition) is 1. The molecule has 1 aromatic carbocycles. The normalized spacial score (nSPS) is 13.9. The van der Waals surface area contributed by atoms with Crippen LogP contribution in [0.4, 0.5) is 0 Å². The zero-order chi connectivity index (χ0) is 12.0. The topological polar surface area (TPSA) is 59.0 Å². The predicted octanol–water partition coefficient (Wildman–Crippen LogP) is 2.26. The summed E-state index contributed by atoms with van der Waals surface area (Å²) in [6, 6.07) is 10.0. The van der Waals surface area contributed by atoms with Crippen LogP contribution in [-0.4, -0.2) is 12.1 Å². The molecule has 1 rings (SSSR count). The summed E-state index contributed by atoms with van der Waals surface area (Å²) in [6.07, 6.45) is 1.52. The molecule has 1 aromatic rings. The Balaban J connectivity index is 2.46. The summed E-state index contributed by atoms with van der Waals surface area (Å²) in [5.74, 6) is 0.841. The monoisotopic (exact) mass is 218 g/mol. The van der Waals surface area contributed by atoms with Crippen LogP contribution in [0.25, 0.3) is 0 Å². The third kappa shape index (κ3) is 3.92. The van der Waals surface area contributed by atoms with Crippen LogP contribution < -0.4 is 10.5 Å². The number of hydrogen-bond acceptors (Lipinski definition) is 3. The summed E-state index contributed by atoms with van der Waals surface area (Å²) in [5.41, 5.74) is 6.14. The molecule has 0 spiro atoms. The van der Waals surface area contributed by atoms with Crippen molar-refractivity contribution in [3.8, 4) is 11.8 Å². The largest absolute Gasteiger partial charge is 0.493 e. The molecule has 0 aliphatic rings. The first-order chi connectivity index (χ1) is 7.57. The molecule has 1 atom stereocenters. The van der Waals surface area contributed by atoms with E-state index in [1.54, 1.807) is 6.92 Å². The summed E-state index contributed by atoms with van der Waals surface area (Å²) in [6.45, 7) is 4.28. The summed E-state index contributed by atoms with van der Waals surface area (Å²) in [7, 11) is 0. The number of ether oxygens (including phenoxy) is 1. The Morgan fingerprint density at radius 2 is 2.25 bits per heavy atom. The number of benzene rings is 1. The fraction of sp³-hybridized carbons (Fsp3) is 0.462. The van der Waals surface area contributed by atoms with Gasteiger partial charge in [-0.05, 0) is 31.0 Å². The van der Waals surface area contributed by atoms with Gasteiger partial charge in [0.15, 0.2) is 0 Å². The van der Waals surface area contributed by atoms with E-state index in [1.807, 2.05) is 24.3 Å². The first kappa shape index (κ1) is 12.5. The first-order valence-corrected chi connectivity index (χ1v) is 5.49. The first-order valence-electron chi connectivity index (χ1n) is 5.49. The molecule has 1 unspecified atom stereocenters. The van der Waals surface area contributed by atoms with E-state index in [1.165, 1.54) is 5.56 Å². The molecule has 0 aromatic heterocycles. The van der Waals surface area contributed by atoms with Gasteiger partial charge in [0.05, 0.1) is 12.7 Å². The highest BCUT2D eigenvalue weighted by Gasteiger charge is 2.16. The second-order valence-corrected chi connectivity index (χ2v) is 4.13. The number of nitrogens with two attached hydrogens (primary N) is 1. The Morgan fingerprint density at radius 1 is 1.50 bits per heavy atom. The van der Waals surface area contributed by atoms with Gasteiger partial charge < -0.3 is 10.5 Å². The lowest BCUT2D eigenvalue weighted by Gasteiger charge is -2.15. The van der Waals surface area contributed by atoms with E-state index in [4.69, 9.17) is 15.7 Å². The Morgan fingerprint density at radius 3 is 2.88 bits per heavy atom. The van der Waals surface area contributed by atoms with E-state index in [2.05, 4.69) is 13.0 Å². The van der Waals surface area contributed by atoms with Crippen LogP contribution in [0.5, 0.6) is 5.75 Å². The van der Waals surface area contributed by atoms with E-state index >= 15 is 0 Å². The minimum absolute atomic E-state index is 0.466. The van der Waals surface area contributed by atoms with Gasteiger partial charge in [0.1, 0.15) is 11.3 Å². The van der Waals surface area contributed by atoms with E-state index < -0.39 is 5.54 Å². The molecule has 16 heavy (non-hydrogen) atoms. The zero-order valence-electron chi connectivity index (χ0n) is 9.86. The van der Waals surface area contributed by atoms with Crippen LogP contribution in [0.3, 0.4) is 0 Å². The highest BCUT2D eigenvalue weighted by Crippen LogP contribution is 2.14. The van der Waals surface area contributed by atoms with E-state index in [0.29, 0.717) is 13.0 Å². The maximum absolute atomic E-state index is 8.74. The molecular weight excluding hydrogens is 200 g/mol. The second-order valence-electron chi connectivity index (χ2n) is 4.13. The van der Waals surface area contributed by atoms with Gasteiger partial charge in [-0.15, -0.1) is 0 Å². The lowest BCUT2D eigenvalue weighted by atomic mass is 10.0. The summed E-state index contributed by atoms with van der Waals surface area (Å²) >= 11 is 0. The Kier molecular flexibility index (Phi) is 4.33. The molecule has 0 saturated heterocycles. The van der Waals surface area contributed by atoms with Gasteiger partial charge in [0, 0.05) is 6.42 Å². The minimum Gasteiger partial charge on any atom is -0.493 e. The van der Waals surface area contributed by atoms with Crippen molar-refractivity contribution in [2.45, 2.75) is 32.2 Å². The van der Waals surface area contributed by atoms with Crippen LogP contribution >= 0.6 is 0 Å². The SMILES string of the molecule is CCc1cccc(OCCC(C)(N)C#N)c1. The maximum Gasteiger partial charge on any atom is 0.119 e. The van der Waals surface area contributed by atoms with E-state index in [0.717, 1.165) is 12.2 Å². The van der Waals surface area contributed by atoms with Crippen LogP contribution in [0.2, 0.25) is 0 Å². The quantitative estimate of drug-likeness (QED) is 0.824. The fourth-order valence-electron chi connectivity index (χ4n) is 1.29. The van der Waals surface area contributed by atoms with Gasteiger partial charge in [-0.2, -0.15) is 5.26 Å². The van der Waals surface area contributed by atoms with Gasteiger partial charge >= 0.3 is 0 Å². The Bertz CT molecular complexity index is 380. The van der Waals surface area contributed by atoms with Crippen molar-refractivity contribution in [3.63, 3.8) is 0 Å². The molecule has 0 aliphatic carbocycles. The molecule has 0 radical (unpaired) electrons. The van der Waals surface area contributed by atoms with Gasteiger partial charge in [-0.25, -0.2) is 0 Å². The van der Waals surface area contributed by atoms with Gasteiger partial charge in [0.2, 0.25) is 0 Å². The van der Waals surface area contributed by atoms with Crippen molar-refractivity contribution in [1.82, 2.24) is 0 Å². The summed E-state index contributed by atoms with van der Waals surface area (Å²) in [5, 5.41) is 8.74. The number of rotatable bonds is 5. The number of aryl methyl sites for hydroxylation is 1. The average Bonchev–Trinajstić information content (AvgIpc) is 2.29. The molecule has 0 amide bonds. The van der Waals surface area contributed by atoms with Crippen molar-refractivity contribution < 1.29 is 4.74 Å². The van der Waals surface area contributed by atoms with Crippen LogP contribution in [0.1, 0.15) is 25.8 Å². The molecule has 0 bridgehead atoms. The average molecular weight is 218 g/mol. The minimum atomic E-state index is -0.803. The molecule has 0 aliphatic heterocycles. The summed E-state index contributed by atoms with van der Waals surface area (Å²) in [4.78, 5) is 0. The number of nitriles is 1. The van der Waals surface area contributed by atoms with E-state index in [-0.39, 0.29) is 0 Å². The highest BCUT2D eigenvalue weighted by molar-refractivity contribution is 5.28. The van der Waals surface area contributed by atoms with Crippen molar-refractivity contribution >= 4 is 0 Å². The van der Waals surface area contributed by atoms with Crippen molar-refractivity contribution in [2.75, 3.05) is 6.61 Å². The van der Waals surface area contributed by atoms with Gasteiger partial charge in [-0.3, -0.25) is 0 Å². The van der Waals surface area contributed by atoms with Crippen LogP contribution in [0.15, 0.2) is 24.3 Å². The predicted molar refractivity (Wildman–Crippen MR) is 64.1 cm³/mol.